The minimum absolute atomic E-state index is 0.0608. The van der Waals surface area contributed by atoms with E-state index in [9.17, 15) is 31.5 Å². The number of aromatic nitrogens is 3. The molecule has 14 heteroatoms. The number of hydrogen-bond acceptors (Lipinski definition) is 6. The second-order valence-electron chi connectivity index (χ2n) is 9.57. The number of nitrogens with one attached hydrogen (secondary N) is 1. The molecule has 2 aromatic carbocycles. The summed E-state index contributed by atoms with van der Waals surface area (Å²) >= 11 is 0. The Bertz CT molecular complexity index is 1360. The summed E-state index contributed by atoms with van der Waals surface area (Å²) in [4.78, 5) is 30.9. The van der Waals surface area contributed by atoms with Gasteiger partial charge in [-0.1, -0.05) is 0 Å². The van der Waals surface area contributed by atoms with Crippen molar-refractivity contribution in [2.75, 3.05) is 39.3 Å². The van der Waals surface area contributed by atoms with Crippen LogP contribution in [0.15, 0.2) is 30.3 Å². The van der Waals surface area contributed by atoms with E-state index in [4.69, 9.17) is 4.74 Å². The van der Waals surface area contributed by atoms with Crippen molar-refractivity contribution >= 4 is 23.0 Å². The average molecular weight is 553 g/mol. The predicted octanol–water partition coefficient (Wildman–Crippen LogP) is 3.81. The van der Waals surface area contributed by atoms with Crippen LogP contribution in [0.5, 0.6) is 0 Å². The van der Waals surface area contributed by atoms with Crippen molar-refractivity contribution in [3.05, 3.63) is 58.7 Å². The van der Waals surface area contributed by atoms with E-state index in [1.807, 2.05) is 4.90 Å². The Morgan fingerprint density at radius 3 is 2.31 bits per heavy atom. The number of piperazine rings is 1. The Morgan fingerprint density at radius 1 is 0.923 bits per heavy atom. The number of alkyl halides is 3. The summed E-state index contributed by atoms with van der Waals surface area (Å²) in [5, 5.41) is 10.5. The van der Waals surface area contributed by atoms with E-state index in [-0.39, 0.29) is 17.5 Å². The van der Waals surface area contributed by atoms with Crippen LogP contribution in [0.1, 0.15) is 34.3 Å². The number of carbonyl (C=O) groups is 2. The van der Waals surface area contributed by atoms with Gasteiger partial charge in [-0.05, 0) is 48.7 Å². The number of ether oxygens (including phenoxy) is 1. The molecule has 0 spiro atoms. The number of fused-ring (bicyclic) bond motifs is 1. The van der Waals surface area contributed by atoms with Gasteiger partial charge in [0.1, 0.15) is 17.6 Å². The minimum Gasteiger partial charge on any atom is -0.445 e. The van der Waals surface area contributed by atoms with E-state index >= 15 is 0 Å². The number of halogens is 5. The molecule has 2 amide bonds. The van der Waals surface area contributed by atoms with E-state index in [0.717, 1.165) is 12.8 Å². The molecule has 3 aromatic rings. The van der Waals surface area contributed by atoms with Crippen molar-refractivity contribution in [1.82, 2.24) is 30.1 Å². The SMILES string of the molecule is O=C(OCc1cc(F)c(F)c(C(F)(F)F)c1)N1CCN(C2CCN(C(=O)c3ccc4n[nH]nc4c3)CC2)CC1. The summed E-state index contributed by atoms with van der Waals surface area (Å²) in [6, 6.07) is 6.47. The van der Waals surface area contributed by atoms with E-state index in [1.165, 1.54) is 4.90 Å². The van der Waals surface area contributed by atoms with Crippen molar-refractivity contribution in [2.45, 2.75) is 31.7 Å². The van der Waals surface area contributed by atoms with Crippen molar-refractivity contribution in [3.8, 4) is 0 Å². The van der Waals surface area contributed by atoms with Gasteiger partial charge in [0.2, 0.25) is 0 Å². The number of hydrogen-bond donors (Lipinski definition) is 1. The van der Waals surface area contributed by atoms with Crippen molar-refractivity contribution in [2.24, 2.45) is 0 Å². The molecule has 1 aromatic heterocycles. The number of likely N-dealkylation sites (tertiary alicyclic amines) is 1. The molecule has 208 valence electrons. The van der Waals surface area contributed by atoms with Crippen molar-refractivity contribution in [3.63, 3.8) is 0 Å². The van der Waals surface area contributed by atoms with Crippen molar-refractivity contribution < 1.29 is 36.3 Å². The van der Waals surface area contributed by atoms with Gasteiger partial charge in [0.25, 0.3) is 5.91 Å². The number of nitrogens with zero attached hydrogens (tertiary/aromatic N) is 5. The molecule has 0 saturated carbocycles. The zero-order chi connectivity index (χ0) is 27.7. The van der Waals surface area contributed by atoms with Gasteiger partial charge in [0.05, 0.1) is 5.56 Å². The summed E-state index contributed by atoms with van der Waals surface area (Å²) < 4.78 is 70.9. The highest BCUT2D eigenvalue weighted by Crippen LogP contribution is 2.33. The molecule has 3 heterocycles. The summed E-state index contributed by atoms with van der Waals surface area (Å²) in [6.07, 6.45) is -4.26. The van der Waals surface area contributed by atoms with Gasteiger partial charge in [0.15, 0.2) is 11.6 Å². The Kier molecular flexibility index (Phi) is 7.38. The number of amides is 2. The summed E-state index contributed by atoms with van der Waals surface area (Å²) in [6.45, 7) is 2.41. The molecule has 0 radical (unpaired) electrons. The molecule has 9 nitrogen and oxygen atoms in total. The van der Waals surface area contributed by atoms with Crippen LogP contribution in [0.3, 0.4) is 0 Å². The molecule has 5 rings (SSSR count). The first-order valence-corrected chi connectivity index (χ1v) is 12.4. The van der Waals surface area contributed by atoms with Crippen LogP contribution in [0, 0.1) is 11.6 Å². The van der Waals surface area contributed by atoms with Gasteiger partial charge >= 0.3 is 12.3 Å². The highest BCUT2D eigenvalue weighted by molar-refractivity contribution is 5.97. The standard InChI is InChI=1S/C25H25F5N6O3/c26-19-12-15(11-18(22(19)27)25(28,29)30)14-39-24(38)36-9-7-34(8-10-36)17-3-5-35(6-4-17)23(37)16-1-2-20-21(13-16)32-33-31-20/h1-2,11-13,17H,3-10,14H2,(H,31,32,33). The van der Waals surface area contributed by atoms with Crippen molar-refractivity contribution in [1.29, 1.82) is 0 Å². The molecule has 0 atom stereocenters. The molecule has 2 aliphatic heterocycles. The Hall–Kier alpha value is -3.81. The molecule has 0 aliphatic carbocycles. The topological polar surface area (TPSA) is 94.7 Å². The van der Waals surface area contributed by atoms with Gasteiger partial charge in [-0.15, -0.1) is 0 Å². The lowest BCUT2D eigenvalue weighted by Gasteiger charge is -2.42. The van der Waals surface area contributed by atoms with Crippen LogP contribution < -0.4 is 0 Å². The summed E-state index contributed by atoms with van der Waals surface area (Å²) in [5.41, 5.74) is -0.169. The smallest absolute Gasteiger partial charge is 0.419 e. The number of benzene rings is 2. The fourth-order valence-corrected chi connectivity index (χ4v) is 5.03. The van der Waals surface area contributed by atoms with Gasteiger partial charge in [-0.25, -0.2) is 13.6 Å². The van der Waals surface area contributed by atoms with E-state index in [1.54, 1.807) is 18.2 Å². The zero-order valence-corrected chi connectivity index (χ0v) is 20.7. The van der Waals surface area contributed by atoms with Gasteiger partial charge in [-0.2, -0.15) is 28.6 Å². The van der Waals surface area contributed by atoms with Crippen LogP contribution in [-0.4, -0.2) is 87.4 Å². The highest BCUT2D eigenvalue weighted by atomic mass is 19.4. The third-order valence-electron chi connectivity index (χ3n) is 7.16. The molecular formula is C25H25F5N6O3. The first-order valence-electron chi connectivity index (χ1n) is 12.4. The maximum atomic E-state index is 13.6. The molecule has 2 fully saturated rings. The lowest BCUT2D eigenvalue weighted by Crippen LogP contribution is -2.54. The molecule has 1 N–H and O–H groups in total. The Labute approximate surface area is 219 Å². The fraction of sp³-hybridized carbons (Fsp3) is 0.440. The van der Waals surface area contributed by atoms with Crippen LogP contribution in [0.25, 0.3) is 11.0 Å². The number of aromatic amines is 1. The van der Waals surface area contributed by atoms with Crippen LogP contribution in [0.2, 0.25) is 0 Å². The quantitative estimate of drug-likeness (QED) is 0.495. The van der Waals surface area contributed by atoms with Crippen LogP contribution in [0.4, 0.5) is 26.7 Å². The Morgan fingerprint density at radius 2 is 1.62 bits per heavy atom. The third-order valence-corrected chi connectivity index (χ3v) is 7.16. The van der Waals surface area contributed by atoms with Gasteiger partial charge in [0, 0.05) is 50.9 Å². The number of carbonyl (C=O) groups excluding carboxylic acids is 2. The second-order valence-corrected chi connectivity index (χ2v) is 9.57. The summed E-state index contributed by atoms with van der Waals surface area (Å²) in [7, 11) is 0. The van der Waals surface area contributed by atoms with E-state index in [2.05, 4.69) is 20.3 Å². The predicted molar refractivity (Wildman–Crippen MR) is 128 cm³/mol. The van der Waals surface area contributed by atoms with Crippen LogP contribution >= 0.6 is 0 Å². The molecule has 0 bridgehead atoms. The van der Waals surface area contributed by atoms with E-state index < -0.39 is 36.1 Å². The average Bonchev–Trinajstić information content (AvgIpc) is 3.40. The van der Waals surface area contributed by atoms with Gasteiger partial charge in [-0.3, -0.25) is 9.69 Å². The monoisotopic (exact) mass is 552 g/mol. The lowest BCUT2D eigenvalue weighted by molar-refractivity contribution is -0.140. The first kappa shape index (κ1) is 26.8. The summed E-state index contributed by atoms with van der Waals surface area (Å²) in [5.74, 6) is -3.71. The normalized spacial score (nSPS) is 17.6. The zero-order valence-electron chi connectivity index (χ0n) is 20.7. The van der Waals surface area contributed by atoms with Gasteiger partial charge < -0.3 is 14.5 Å². The molecule has 39 heavy (non-hydrogen) atoms. The fourth-order valence-electron chi connectivity index (χ4n) is 5.03. The number of rotatable bonds is 4. The van der Waals surface area contributed by atoms with Crippen LogP contribution in [-0.2, 0) is 17.5 Å². The molecule has 2 aliphatic rings. The Balaban J connectivity index is 1.08. The maximum absolute atomic E-state index is 13.6. The first-order chi connectivity index (χ1) is 18.6. The molecule has 0 unspecified atom stereocenters. The minimum atomic E-state index is -5.07. The maximum Gasteiger partial charge on any atom is 0.419 e. The van der Waals surface area contributed by atoms with E-state index in [0.29, 0.717) is 68.0 Å². The second kappa shape index (κ2) is 10.8. The molecular weight excluding hydrogens is 527 g/mol. The number of H-pyrrole nitrogens is 1. The lowest BCUT2D eigenvalue weighted by atomic mass is 10.0. The molecule has 2 saturated heterocycles. The number of piperidine rings is 1. The largest absolute Gasteiger partial charge is 0.445 e. The highest BCUT2D eigenvalue weighted by Gasteiger charge is 2.36. The third kappa shape index (κ3) is 5.79.